The van der Waals surface area contributed by atoms with E-state index < -0.39 is 5.91 Å². The second kappa shape index (κ2) is 5.30. The molecule has 0 saturated carbocycles. The molecular weight excluding hydrogens is 280 g/mol. The molecule has 2 aromatic carbocycles. The third-order valence-electron chi connectivity index (χ3n) is 2.84. The normalized spacial score (nSPS) is 10.3. The molecule has 5 N–H and O–H groups in total. The number of phenols is 2. The van der Waals surface area contributed by atoms with Crippen molar-refractivity contribution in [3.05, 3.63) is 46.5 Å². The first-order chi connectivity index (χ1) is 9.40. The summed E-state index contributed by atoms with van der Waals surface area (Å²) in [5.41, 5.74) is 7.04. The first-order valence-corrected chi connectivity index (χ1v) is 6.16. The van der Waals surface area contributed by atoms with Crippen LogP contribution in [0.15, 0.2) is 30.3 Å². The van der Waals surface area contributed by atoms with Crippen molar-refractivity contribution in [2.45, 2.75) is 6.92 Å². The Labute approximate surface area is 120 Å². The van der Waals surface area contributed by atoms with Crippen LogP contribution in [0.25, 0.3) is 0 Å². The number of aromatic hydroxyl groups is 2. The lowest BCUT2D eigenvalue weighted by molar-refractivity contribution is 0.102. The summed E-state index contributed by atoms with van der Waals surface area (Å²) in [7, 11) is 0. The van der Waals surface area contributed by atoms with Crippen molar-refractivity contribution in [1.29, 1.82) is 0 Å². The maximum absolute atomic E-state index is 12.1. The monoisotopic (exact) mass is 292 g/mol. The van der Waals surface area contributed by atoms with Crippen LogP contribution in [-0.4, -0.2) is 16.1 Å². The van der Waals surface area contributed by atoms with Gasteiger partial charge in [0.2, 0.25) is 0 Å². The Bertz CT molecular complexity index is 666. The number of rotatable bonds is 2. The fourth-order valence-electron chi connectivity index (χ4n) is 1.78. The molecule has 2 aromatic rings. The number of amides is 1. The van der Waals surface area contributed by atoms with Crippen molar-refractivity contribution < 1.29 is 15.0 Å². The molecule has 104 valence electrons. The molecule has 0 aliphatic carbocycles. The maximum Gasteiger partial charge on any atom is 0.263 e. The third kappa shape index (κ3) is 2.62. The number of nitrogens with two attached hydrogens (primary N) is 1. The quantitative estimate of drug-likeness (QED) is 0.640. The lowest BCUT2D eigenvalue weighted by atomic mass is 10.1. The van der Waals surface area contributed by atoms with E-state index in [2.05, 4.69) is 5.32 Å². The predicted molar refractivity (Wildman–Crippen MR) is 78.3 cm³/mol. The SMILES string of the molecule is Cc1cc(N)c(Cl)cc1NC(=O)c1c(O)cccc1O. The van der Waals surface area contributed by atoms with Gasteiger partial charge in [0.25, 0.3) is 5.91 Å². The average molecular weight is 293 g/mol. The number of benzene rings is 2. The van der Waals surface area contributed by atoms with Crippen LogP contribution in [0.3, 0.4) is 0 Å². The number of carbonyl (C=O) groups is 1. The van der Waals surface area contributed by atoms with Crippen molar-refractivity contribution in [2.75, 3.05) is 11.1 Å². The summed E-state index contributed by atoms with van der Waals surface area (Å²) >= 11 is 5.90. The summed E-state index contributed by atoms with van der Waals surface area (Å²) < 4.78 is 0. The molecule has 0 bridgehead atoms. The molecule has 20 heavy (non-hydrogen) atoms. The number of halogens is 1. The van der Waals surface area contributed by atoms with Crippen molar-refractivity contribution in [2.24, 2.45) is 0 Å². The van der Waals surface area contributed by atoms with Gasteiger partial charge in [-0.25, -0.2) is 0 Å². The van der Waals surface area contributed by atoms with Gasteiger partial charge in [-0.05, 0) is 36.8 Å². The second-order valence-corrected chi connectivity index (χ2v) is 4.72. The van der Waals surface area contributed by atoms with E-state index in [4.69, 9.17) is 17.3 Å². The highest BCUT2D eigenvalue weighted by Gasteiger charge is 2.17. The topological polar surface area (TPSA) is 95.6 Å². The molecular formula is C14H13ClN2O3. The Hall–Kier alpha value is -2.40. The summed E-state index contributed by atoms with van der Waals surface area (Å²) in [4.78, 5) is 12.1. The standard InChI is InChI=1S/C14H13ClN2O3/c1-7-5-9(16)8(15)6-10(7)17-14(20)13-11(18)3-2-4-12(13)19/h2-6,18-19H,16H2,1H3,(H,17,20). The molecule has 0 radical (unpaired) electrons. The van der Waals surface area contributed by atoms with Crippen LogP contribution < -0.4 is 11.1 Å². The van der Waals surface area contributed by atoms with E-state index in [-0.39, 0.29) is 17.1 Å². The summed E-state index contributed by atoms with van der Waals surface area (Å²) in [6.07, 6.45) is 0. The van der Waals surface area contributed by atoms with E-state index >= 15 is 0 Å². The van der Waals surface area contributed by atoms with E-state index in [1.807, 2.05) is 0 Å². The van der Waals surface area contributed by atoms with Crippen molar-refractivity contribution in [3.8, 4) is 11.5 Å². The number of nitrogens with one attached hydrogen (secondary N) is 1. The number of anilines is 2. The number of nitrogen functional groups attached to an aromatic ring is 1. The van der Waals surface area contributed by atoms with E-state index in [0.29, 0.717) is 16.4 Å². The molecule has 0 unspecified atom stereocenters. The zero-order valence-electron chi connectivity index (χ0n) is 10.6. The summed E-state index contributed by atoms with van der Waals surface area (Å²) in [5.74, 6) is -1.24. The van der Waals surface area contributed by atoms with Crippen LogP contribution in [-0.2, 0) is 0 Å². The molecule has 0 atom stereocenters. The first kappa shape index (κ1) is 14.0. The highest BCUT2D eigenvalue weighted by atomic mass is 35.5. The van der Waals surface area contributed by atoms with Crippen LogP contribution in [0.1, 0.15) is 15.9 Å². The number of hydrogen-bond acceptors (Lipinski definition) is 4. The summed E-state index contributed by atoms with van der Waals surface area (Å²) in [6, 6.07) is 7.21. The highest BCUT2D eigenvalue weighted by molar-refractivity contribution is 6.33. The number of aryl methyl sites for hydroxylation is 1. The van der Waals surface area contributed by atoms with E-state index in [9.17, 15) is 15.0 Å². The van der Waals surface area contributed by atoms with E-state index in [0.717, 1.165) is 5.56 Å². The number of phenolic OH excluding ortho intramolecular Hbond substituents is 2. The molecule has 0 saturated heterocycles. The van der Waals surface area contributed by atoms with Gasteiger partial charge in [0.15, 0.2) is 0 Å². The minimum absolute atomic E-state index is 0.195. The van der Waals surface area contributed by atoms with Gasteiger partial charge in [-0.2, -0.15) is 0 Å². The van der Waals surface area contributed by atoms with E-state index in [1.165, 1.54) is 24.3 Å². The third-order valence-corrected chi connectivity index (χ3v) is 3.17. The Kier molecular flexibility index (Phi) is 3.72. The smallest absolute Gasteiger partial charge is 0.263 e. The Balaban J connectivity index is 2.35. The van der Waals surface area contributed by atoms with Crippen LogP contribution in [0.4, 0.5) is 11.4 Å². The number of carbonyl (C=O) groups excluding carboxylic acids is 1. The molecule has 0 heterocycles. The van der Waals surface area contributed by atoms with Gasteiger partial charge >= 0.3 is 0 Å². The van der Waals surface area contributed by atoms with Crippen molar-refractivity contribution in [1.82, 2.24) is 0 Å². The van der Waals surface area contributed by atoms with Crippen molar-refractivity contribution >= 4 is 28.9 Å². The molecule has 5 nitrogen and oxygen atoms in total. The van der Waals surface area contributed by atoms with Crippen LogP contribution in [0, 0.1) is 6.92 Å². The zero-order chi connectivity index (χ0) is 14.9. The van der Waals surface area contributed by atoms with Gasteiger partial charge < -0.3 is 21.3 Å². The summed E-state index contributed by atoms with van der Waals surface area (Å²) in [5, 5.41) is 22.2. The highest BCUT2D eigenvalue weighted by Crippen LogP contribution is 2.30. The molecule has 0 fully saturated rings. The largest absolute Gasteiger partial charge is 0.507 e. The first-order valence-electron chi connectivity index (χ1n) is 5.78. The van der Waals surface area contributed by atoms with Gasteiger partial charge in [-0.3, -0.25) is 4.79 Å². The van der Waals surface area contributed by atoms with Gasteiger partial charge in [-0.15, -0.1) is 0 Å². The summed E-state index contributed by atoms with van der Waals surface area (Å²) in [6.45, 7) is 1.76. The van der Waals surface area contributed by atoms with Gasteiger partial charge in [0.05, 0.1) is 10.7 Å². The Morgan fingerprint density at radius 2 is 1.85 bits per heavy atom. The Morgan fingerprint density at radius 1 is 1.25 bits per heavy atom. The van der Waals surface area contributed by atoms with E-state index in [1.54, 1.807) is 13.0 Å². The average Bonchev–Trinajstić information content (AvgIpc) is 2.35. The van der Waals surface area contributed by atoms with Gasteiger partial charge in [0.1, 0.15) is 17.1 Å². The van der Waals surface area contributed by atoms with Crippen LogP contribution in [0.2, 0.25) is 5.02 Å². The van der Waals surface area contributed by atoms with Gasteiger partial charge in [0, 0.05) is 5.69 Å². The maximum atomic E-state index is 12.1. The second-order valence-electron chi connectivity index (χ2n) is 4.31. The fourth-order valence-corrected chi connectivity index (χ4v) is 1.95. The molecule has 2 rings (SSSR count). The lowest BCUT2D eigenvalue weighted by Gasteiger charge is -2.12. The minimum Gasteiger partial charge on any atom is -0.507 e. The van der Waals surface area contributed by atoms with Gasteiger partial charge in [-0.1, -0.05) is 17.7 Å². The molecule has 0 aliphatic rings. The van der Waals surface area contributed by atoms with Crippen LogP contribution in [0.5, 0.6) is 11.5 Å². The molecule has 0 aromatic heterocycles. The molecule has 6 heteroatoms. The minimum atomic E-state index is -0.635. The lowest BCUT2D eigenvalue weighted by Crippen LogP contribution is -2.13. The zero-order valence-corrected chi connectivity index (χ0v) is 11.4. The molecule has 0 aliphatic heterocycles. The Morgan fingerprint density at radius 3 is 2.45 bits per heavy atom. The molecule has 1 amide bonds. The molecule has 0 spiro atoms. The predicted octanol–water partition coefficient (Wildman–Crippen LogP) is 2.89. The fraction of sp³-hybridized carbons (Fsp3) is 0.0714. The van der Waals surface area contributed by atoms with Crippen LogP contribution >= 0.6 is 11.6 Å². The van der Waals surface area contributed by atoms with Crippen molar-refractivity contribution in [3.63, 3.8) is 0 Å². The number of hydrogen-bond donors (Lipinski definition) is 4.